The molecule has 8 heteroatoms. The topological polar surface area (TPSA) is 103 Å². The van der Waals surface area contributed by atoms with Crippen molar-refractivity contribution in [3.8, 4) is 0 Å². The molecule has 1 amide bonds. The van der Waals surface area contributed by atoms with Gasteiger partial charge in [0.25, 0.3) is 5.91 Å². The summed E-state index contributed by atoms with van der Waals surface area (Å²) in [6.07, 6.45) is 0.907. The third-order valence-electron chi connectivity index (χ3n) is 2.74. The summed E-state index contributed by atoms with van der Waals surface area (Å²) in [7, 11) is 3.33. The lowest BCUT2D eigenvalue weighted by Gasteiger charge is -2.20. The van der Waals surface area contributed by atoms with Crippen LogP contribution in [0.25, 0.3) is 0 Å². The highest BCUT2D eigenvalue weighted by Gasteiger charge is 2.14. The van der Waals surface area contributed by atoms with Crippen molar-refractivity contribution in [2.24, 2.45) is 5.84 Å². The lowest BCUT2D eigenvalue weighted by atomic mass is 10.3. The minimum atomic E-state index is -0.470. The highest BCUT2D eigenvalue weighted by Crippen LogP contribution is 2.08. The van der Waals surface area contributed by atoms with Crippen LogP contribution in [0.2, 0.25) is 0 Å². The van der Waals surface area contributed by atoms with Crippen molar-refractivity contribution in [1.29, 1.82) is 0 Å². The van der Waals surface area contributed by atoms with Crippen LogP contribution >= 0.6 is 0 Å². The van der Waals surface area contributed by atoms with E-state index in [9.17, 15) is 4.79 Å². The molecule has 20 heavy (non-hydrogen) atoms. The van der Waals surface area contributed by atoms with Crippen molar-refractivity contribution in [3.05, 3.63) is 17.5 Å². The Morgan fingerprint density at radius 3 is 2.80 bits per heavy atom. The van der Waals surface area contributed by atoms with Crippen molar-refractivity contribution < 1.29 is 18.8 Å². The van der Waals surface area contributed by atoms with Crippen molar-refractivity contribution in [3.63, 3.8) is 0 Å². The molecule has 0 aliphatic carbocycles. The van der Waals surface area contributed by atoms with Gasteiger partial charge in [-0.2, -0.15) is 0 Å². The monoisotopic (exact) mass is 286 g/mol. The SMILES string of the molecule is COCCCN(CCOC)Cc1cc(C(=O)NN)no1. The number of aromatic nitrogens is 1. The Morgan fingerprint density at radius 1 is 1.40 bits per heavy atom. The van der Waals surface area contributed by atoms with Crippen LogP contribution in [-0.2, 0) is 16.0 Å². The van der Waals surface area contributed by atoms with E-state index in [2.05, 4.69) is 10.1 Å². The summed E-state index contributed by atoms with van der Waals surface area (Å²) in [5.74, 6) is 5.18. The first-order valence-electron chi connectivity index (χ1n) is 6.38. The highest BCUT2D eigenvalue weighted by molar-refractivity contribution is 5.91. The predicted octanol–water partition coefficient (Wildman–Crippen LogP) is -0.237. The molecule has 1 heterocycles. The van der Waals surface area contributed by atoms with Gasteiger partial charge in [-0.15, -0.1) is 0 Å². The first kappa shape index (κ1) is 16.6. The Hall–Kier alpha value is -1.48. The second kappa shape index (κ2) is 9.43. The van der Waals surface area contributed by atoms with Crippen molar-refractivity contribution >= 4 is 5.91 Å². The molecule has 0 unspecified atom stereocenters. The number of hydrogen-bond acceptors (Lipinski definition) is 7. The molecule has 0 bridgehead atoms. The zero-order valence-electron chi connectivity index (χ0n) is 11.9. The van der Waals surface area contributed by atoms with Crippen molar-refractivity contribution in [2.45, 2.75) is 13.0 Å². The van der Waals surface area contributed by atoms with E-state index in [0.717, 1.165) is 19.5 Å². The minimum Gasteiger partial charge on any atom is -0.385 e. The molecule has 0 fully saturated rings. The Morgan fingerprint density at radius 2 is 2.15 bits per heavy atom. The summed E-state index contributed by atoms with van der Waals surface area (Å²) >= 11 is 0. The maximum atomic E-state index is 11.3. The van der Waals surface area contributed by atoms with Crippen molar-refractivity contribution in [2.75, 3.05) is 40.5 Å². The molecule has 0 aromatic carbocycles. The number of amides is 1. The molecule has 0 aliphatic heterocycles. The third-order valence-corrected chi connectivity index (χ3v) is 2.74. The minimum absolute atomic E-state index is 0.172. The van der Waals surface area contributed by atoms with E-state index in [-0.39, 0.29) is 5.69 Å². The number of rotatable bonds is 10. The molecule has 0 spiro atoms. The number of nitrogens with zero attached hydrogens (tertiary/aromatic N) is 2. The largest absolute Gasteiger partial charge is 0.385 e. The number of hydrogen-bond donors (Lipinski definition) is 2. The van der Waals surface area contributed by atoms with Crippen LogP contribution < -0.4 is 11.3 Å². The number of carbonyl (C=O) groups is 1. The number of ether oxygens (including phenoxy) is 2. The van der Waals surface area contributed by atoms with E-state index in [1.165, 1.54) is 0 Å². The molecule has 0 radical (unpaired) electrons. The normalized spacial score (nSPS) is 11.0. The van der Waals surface area contributed by atoms with E-state index in [1.807, 2.05) is 5.43 Å². The van der Waals surface area contributed by atoms with E-state index in [1.54, 1.807) is 20.3 Å². The second-order valence-corrected chi connectivity index (χ2v) is 4.27. The number of nitrogens with one attached hydrogen (secondary N) is 1. The summed E-state index contributed by atoms with van der Waals surface area (Å²) in [5, 5.41) is 3.67. The van der Waals surface area contributed by atoms with Gasteiger partial charge in [-0.25, -0.2) is 5.84 Å². The van der Waals surface area contributed by atoms with Gasteiger partial charge in [0, 0.05) is 40.0 Å². The molecule has 114 valence electrons. The molecule has 1 rings (SSSR count). The first-order chi connectivity index (χ1) is 9.71. The summed E-state index contributed by atoms with van der Waals surface area (Å²) in [4.78, 5) is 13.4. The third kappa shape index (κ3) is 5.66. The Balaban J connectivity index is 2.53. The maximum absolute atomic E-state index is 11.3. The standard InChI is InChI=1S/C12H22N4O4/c1-18-6-3-4-16(5-7-19-2)9-10-8-11(15-20-10)12(17)14-13/h8H,3-7,9,13H2,1-2H3,(H,14,17). The Bertz CT molecular complexity index is 397. The van der Waals surface area contributed by atoms with Gasteiger partial charge < -0.3 is 14.0 Å². The van der Waals surface area contributed by atoms with Gasteiger partial charge in [-0.05, 0) is 6.42 Å². The fourth-order valence-corrected chi connectivity index (χ4v) is 1.71. The van der Waals surface area contributed by atoms with Crippen LogP contribution in [0, 0.1) is 0 Å². The summed E-state index contributed by atoms with van der Waals surface area (Å²) in [6.45, 7) is 3.48. The van der Waals surface area contributed by atoms with Crippen LogP contribution in [0.4, 0.5) is 0 Å². The average Bonchev–Trinajstić information content (AvgIpc) is 2.92. The smallest absolute Gasteiger partial charge is 0.287 e. The van der Waals surface area contributed by atoms with Gasteiger partial charge in [0.15, 0.2) is 11.5 Å². The van der Waals surface area contributed by atoms with Crippen LogP contribution in [0.5, 0.6) is 0 Å². The average molecular weight is 286 g/mol. The Labute approximate surface area is 118 Å². The molecule has 8 nitrogen and oxygen atoms in total. The maximum Gasteiger partial charge on any atom is 0.287 e. The fraction of sp³-hybridized carbons (Fsp3) is 0.667. The molecule has 0 atom stereocenters. The molecular formula is C12H22N4O4. The molecule has 1 aromatic rings. The number of nitrogen functional groups attached to an aromatic ring is 1. The molecule has 0 saturated carbocycles. The molecule has 3 N–H and O–H groups in total. The summed E-state index contributed by atoms with van der Waals surface area (Å²) < 4.78 is 15.2. The number of hydrazine groups is 1. The van der Waals surface area contributed by atoms with Gasteiger partial charge in [-0.1, -0.05) is 5.16 Å². The van der Waals surface area contributed by atoms with Crippen LogP contribution in [-0.4, -0.2) is 56.5 Å². The predicted molar refractivity (Wildman–Crippen MR) is 71.8 cm³/mol. The number of nitrogens with two attached hydrogens (primary N) is 1. The number of methoxy groups -OCH3 is 2. The van der Waals surface area contributed by atoms with Crippen LogP contribution in [0.1, 0.15) is 22.7 Å². The number of carbonyl (C=O) groups excluding carboxylic acids is 1. The second-order valence-electron chi connectivity index (χ2n) is 4.27. The molecular weight excluding hydrogens is 264 g/mol. The van der Waals surface area contributed by atoms with Gasteiger partial charge in [0.2, 0.25) is 0 Å². The van der Waals surface area contributed by atoms with Gasteiger partial charge in [-0.3, -0.25) is 15.1 Å². The van der Waals surface area contributed by atoms with Crippen molar-refractivity contribution in [1.82, 2.24) is 15.5 Å². The van der Waals surface area contributed by atoms with E-state index < -0.39 is 5.91 Å². The van der Waals surface area contributed by atoms with E-state index in [0.29, 0.717) is 25.5 Å². The fourth-order valence-electron chi connectivity index (χ4n) is 1.71. The molecule has 0 saturated heterocycles. The lowest BCUT2D eigenvalue weighted by Crippen LogP contribution is -2.30. The van der Waals surface area contributed by atoms with E-state index in [4.69, 9.17) is 19.8 Å². The van der Waals surface area contributed by atoms with Crippen LogP contribution in [0.3, 0.4) is 0 Å². The lowest BCUT2D eigenvalue weighted by molar-refractivity contribution is 0.0944. The van der Waals surface area contributed by atoms with E-state index >= 15 is 0 Å². The molecule has 1 aromatic heterocycles. The van der Waals surface area contributed by atoms with Crippen LogP contribution in [0.15, 0.2) is 10.6 Å². The van der Waals surface area contributed by atoms with Gasteiger partial charge in [0.1, 0.15) is 0 Å². The van der Waals surface area contributed by atoms with Gasteiger partial charge in [0.05, 0.1) is 13.2 Å². The Kier molecular flexibility index (Phi) is 7.81. The summed E-state index contributed by atoms with van der Waals surface area (Å²) in [5.41, 5.74) is 2.18. The zero-order valence-corrected chi connectivity index (χ0v) is 11.9. The summed E-state index contributed by atoms with van der Waals surface area (Å²) in [6, 6.07) is 1.58. The quantitative estimate of drug-likeness (QED) is 0.265. The van der Waals surface area contributed by atoms with Gasteiger partial charge >= 0.3 is 0 Å². The first-order valence-corrected chi connectivity index (χ1v) is 6.38. The highest BCUT2D eigenvalue weighted by atomic mass is 16.5. The zero-order chi connectivity index (χ0) is 14.8. The molecule has 0 aliphatic rings.